The van der Waals surface area contributed by atoms with Crippen molar-refractivity contribution < 1.29 is 20.4 Å². The molecule has 0 aromatic heterocycles. The fourth-order valence-electron chi connectivity index (χ4n) is 0.581. The minimum absolute atomic E-state index is 0. The van der Waals surface area contributed by atoms with E-state index in [2.05, 4.69) is 45.6 Å². The second-order valence-electron chi connectivity index (χ2n) is 1.80. The van der Waals surface area contributed by atoms with Crippen molar-refractivity contribution in [2.75, 3.05) is 0 Å². The van der Waals surface area contributed by atoms with E-state index >= 15 is 0 Å². The van der Waals surface area contributed by atoms with Crippen LogP contribution in [0, 0.1) is 5.92 Å². The van der Waals surface area contributed by atoms with Gasteiger partial charge in [0.1, 0.15) is 0 Å². The molecular formula is C8H15Cl2Ti. The Kier molecular flexibility index (Phi) is 17.4. The number of hydrogen-bond donors (Lipinski definition) is 0. The Balaban J connectivity index is -0.000000149. The summed E-state index contributed by atoms with van der Waals surface area (Å²) in [7, 11) is 0. The summed E-state index contributed by atoms with van der Waals surface area (Å²) < 4.78 is 1.47. The molecule has 0 radical (unpaired) electrons. The molecule has 11 heavy (non-hydrogen) atoms. The van der Waals surface area contributed by atoms with Crippen LogP contribution in [-0.4, -0.2) is 0 Å². The van der Waals surface area contributed by atoms with Crippen LogP contribution in [0.3, 0.4) is 0 Å². The van der Waals surface area contributed by atoms with Crippen molar-refractivity contribution in [3.8, 4) is 0 Å². The SMILES string of the molecule is CC.CC1C=CC=[C]1[Ti].Cl.Cl. The van der Waals surface area contributed by atoms with Crippen LogP contribution in [0.15, 0.2) is 22.1 Å². The monoisotopic (exact) mass is 229 g/mol. The van der Waals surface area contributed by atoms with Crippen LogP contribution in [0.25, 0.3) is 0 Å². The number of hydrogen-bond acceptors (Lipinski definition) is 0. The average Bonchev–Trinajstić information content (AvgIpc) is 2.23. The molecule has 0 saturated carbocycles. The van der Waals surface area contributed by atoms with E-state index in [1.165, 1.54) is 3.88 Å². The molecule has 1 atom stereocenters. The Labute approximate surface area is 93.7 Å². The molecule has 1 unspecified atom stereocenters. The fourth-order valence-corrected chi connectivity index (χ4v) is 0.882. The Morgan fingerprint density at radius 1 is 1.27 bits per heavy atom. The molecule has 3 heteroatoms. The Hall–Kier alpha value is 0.774. The van der Waals surface area contributed by atoms with Crippen LogP contribution in [0.4, 0.5) is 0 Å². The molecule has 1 aliphatic carbocycles. The van der Waals surface area contributed by atoms with Gasteiger partial charge in [-0.15, -0.1) is 24.8 Å². The van der Waals surface area contributed by atoms with Crippen molar-refractivity contribution in [3.05, 3.63) is 22.1 Å². The van der Waals surface area contributed by atoms with Crippen molar-refractivity contribution in [3.63, 3.8) is 0 Å². The smallest absolute Gasteiger partial charge is 0.147 e. The minimum Gasteiger partial charge on any atom is -0.147 e. The summed E-state index contributed by atoms with van der Waals surface area (Å²) in [5.41, 5.74) is 0. The van der Waals surface area contributed by atoms with Gasteiger partial charge in [0, 0.05) is 0 Å². The van der Waals surface area contributed by atoms with Gasteiger partial charge in [-0.2, -0.15) is 0 Å². The molecule has 0 N–H and O–H groups in total. The molecule has 0 saturated heterocycles. The maximum atomic E-state index is 2.20. The van der Waals surface area contributed by atoms with Crippen LogP contribution in [0.1, 0.15) is 20.8 Å². The van der Waals surface area contributed by atoms with Crippen LogP contribution in [0.5, 0.6) is 0 Å². The normalized spacial score (nSPS) is 18.4. The van der Waals surface area contributed by atoms with Crippen LogP contribution < -0.4 is 0 Å². The zero-order valence-corrected chi connectivity index (χ0v) is 10.3. The van der Waals surface area contributed by atoms with E-state index in [4.69, 9.17) is 0 Å². The van der Waals surface area contributed by atoms with Gasteiger partial charge in [-0.1, -0.05) is 13.8 Å². The molecule has 0 aliphatic heterocycles. The summed E-state index contributed by atoms with van der Waals surface area (Å²) in [4.78, 5) is 0. The van der Waals surface area contributed by atoms with Crippen LogP contribution in [0.2, 0.25) is 0 Å². The first-order valence-corrected chi connectivity index (χ1v) is 4.19. The summed E-state index contributed by atoms with van der Waals surface area (Å²) >= 11 is 2.16. The zero-order chi connectivity index (χ0) is 7.28. The summed E-state index contributed by atoms with van der Waals surface area (Å²) in [5.74, 6) is 0.694. The van der Waals surface area contributed by atoms with E-state index in [0.717, 1.165) is 0 Å². The number of halogens is 2. The topological polar surface area (TPSA) is 0 Å². The van der Waals surface area contributed by atoms with Gasteiger partial charge in [0.05, 0.1) is 0 Å². The van der Waals surface area contributed by atoms with E-state index in [1.807, 2.05) is 13.8 Å². The third-order valence-electron chi connectivity index (χ3n) is 1.17. The Bertz CT molecular complexity index is 130. The molecule has 0 spiro atoms. The fraction of sp³-hybridized carbons (Fsp3) is 0.500. The van der Waals surface area contributed by atoms with Crippen molar-refractivity contribution in [2.24, 2.45) is 5.92 Å². The molecular weight excluding hydrogens is 215 g/mol. The van der Waals surface area contributed by atoms with E-state index in [9.17, 15) is 0 Å². The van der Waals surface area contributed by atoms with Gasteiger partial charge in [-0.25, -0.2) is 0 Å². The molecule has 0 fully saturated rings. The number of allylic oxidation sites excluding steroid dienone is 4. The van der Waals surface area contributed by atoms with Gasteiger partial charge < -0.3 is 0 Å². The summed E-state index contributed by atoms with van der Waals surface area (Å²) in [6.45, 7) is 6.20. The molecule has 0 bridgehead atoms. The molecule has 0 aromatic carbocycles. The minimum atomic E-state index is 0. The standard InChI is InChI=1S/C6H7.C2H6.2ClH.Ti/c1-6-4-2-3-5-6;1-2;;;/h2-4,6H,1H3;1-2H3;2*1H;. The average molecular weight is 230 g/mol. The van der Waals surface area contributed by atoms with Gasteiger partial charge in [0.15, 0.2) is 0 Å². The first-order valence-electron chi connectivity index (χ1n) is 3.40. The Morgan fingerprint density at radius 2 is 1.73 bits per heavy atom. The van der Waals surface area contributed by atoms with Crippen molar-refractivity contribution in [2.45, 2.75) is 20.8 Å². The second kappa shape index (κ2) is 10.8. The quantitative estimate of drug-likeness (QED) is 0.558. The summed E-state index contributed by atoms with van der Waals surface area (Å²) in [6, 6.07) is 0. The van der Waals surface area contributed by atoms with Crippen molar-refractivity contribution >= 4 is 24.8 Å². The molecule has 0 aromatic rings. The molecule has 1 rings (SSSR count). The van der Waals surface area contributed by atoms with E-state index in [0.29, 0.717) is 5.92 Å². The van der Waals surface area contributed by atoms with Crippen LogP contribution in [-0.2, 0) is 20.4 Å². The second-order valence-corrected chi connectivity index (χ2v) is 2.70. The molecule has 0 amide bonds. The first kappa shape index (κ1) is 17.8. The maximum Gasteiger partial charge on any atom is -0.147 e. The maximum absolute atomic E-state index is 2.20. The number of rotatable bonds is 0. The zero-order valence-electron chi connectivity index (χ0n) is 7.13. The summed E-state index contributed by atoms with van der Waals surface area (Å²) in [6.07, 6.45) is 6.47. The largest absolute Gasteiger partial charge is 0.147 e. The van der Waals surface area contributed by atoms with Gasteiger partial charge in [-0.05, 0) is 0 Å². The van der Waals surface area contributed by atoms with Gasteiger partial charge in [0.2, 0.25) is 0 Å². The van der Waals surface area contributed by atoms with Gasteiger partial charge in [-0.3, -0.25) is 0 Å². The van der Waals surface area contributed by atoms with Crippen molar-refractivity contribution in [1.82, 2.24) is 0 Å². The summed E-state index contributed by atoms with van der Waals surface area (Å²) in [5, 5.41) is 0. The Morgan fingerprint density at radius 3 is 1.82 bits per heavy atom. The van der Waals surface area contributed by atoms with E-state index in [1.54, 1.807) is 0 Å². The molecule has 65 valence electrons. The molecule has 1 aliphatic rings. The molecule has 0 nitrogen and oxygen atoms in total. The predicted octanol–water partition coefficient (Wildman–Crippen LogP) is 3.49. The molecule has 0 heterocycles. The van der Waals surface area contributed by atoms with Crippen molar-refractivity contribution in [1.29, 1.82) is 0 Å². The van der Waals surface area contributed by atoms with Gasteiger partial charge >= 0.3 is 55.4 Å². The third kappa shape index (κ3) is 7.15. The predicted molar refractivity (Wildman–Crippen MR) is 52.2 cm³/mol. The van der Waals surface area contributed by atoms with Gasteiger partial charge in [0.25, 0.3) is 0 Å². The van der Waals surface area contributed by atoms with E-state index in [-0.39, 0.29) is 24.8 Å². The first-order chi connectivity index (χ1) is 4.30. The van der Waals surface area contributed by atoms with Crippen LogP contribution >= 0.6 is 24.8 Å². The third-order valence-corrected chi connectivity index (χ3v) is 2.14. The van der Waals surface area contributed by atoms with E-state index < -0.39 is 0 Å².